The molecule has 0 spiro atoms. The summed E-state index contributed by atoms with van der Waals surface area (Å²) in [5.41, 5.74) is 1.56. The van der Waals surface area contributed by atoms with E-state index < -0.39 is 0 Å². The van der Waals surface area contributed by atoms with Crippen molar-refractivity contribution in [2.75, 3.05) is 59.5 Å². The molecule has 0 aliphatic carbocycles. The molecule has 3 aromatic rings. The van der Waals surface area contributed by atoms with Crippen LogP contribution in [0.5, 0.6) is 23.0 Å². The lowest BCUT2D eigenvalue weighted by atomic mass is 10.0. The highest BCUT2D eigenvalue weighted by molar-refractivity contribution is 7.10. The van der Waals surface area contributed by atoms with Gasteiger partial charge in [0.2, 0.25) is 5.75 Å². The first-order valence-corrected chi connectivity index (χ1v) is 13.1. The van der Waals surface area contributed by atoms with E-state index in [2.05, 4.69) is 45.6 Å². The van der Waals surface area contributed by atoms with Gasteiger partial charge in [-0.05, 0) is 42.6 Å². The molecule has 2 heterocycles. The highest BCUT2D eigenvalue weighted by Crippen LogP contribution is 2.38. The number of piperazine rings is 1. The van der Waals surface area contributed by atoms with E-state index in [1.165, 1.54) is 4.88 Å². The SMILES string of the molecule is COc1ccccc1N1CCN([C@H](c2cccs2)[C@@H](C)NC(=O)c2cc(OC)c(OC)c(OC)c2)CC1. The molecule has 1 saturated heterocycles. The fourth-order valence-corrected chi connectivity index (χ4v) is 5.88. The lowest BCUT2D eigenvalue weighted by molar-refractivity contribution is 0.0889. The number of methoxy groups -OCH3 is 4. The third kappa shape index (κ3) is 5.78. The quantitative estimate of drug-likeness (QED) is 0.419. The molecule has 1 aliphatic heterocycles. The highest BCUT2D eigenvalue weighted by atomic mass is 32.1. The number of hydrogen-bond acceptors (Lipinski definition) is 8. The minimum absolute atomic E-state index is 0.0470. The molecule has 0 radical (unpaired) electrons. The Labute approximate surface area is 222 Å². The van der Waals surface area contributed by atoms with Gasteiger partial charge in [0.25, 0.3) is 5.91 Å². The van der Waals surface area contributed by atoms with E-state index >= 15 is 0 Å². The number of carbonyl (C=O) groups excluding carboxylic acids is 1. The number of hydrogen-bond donors (Lipinski definition) is 1. The van der Waals surface area contributed by atoms with Gasteiger partial charge in [-0.3, -0.25) is 9.69 Å². The summed E-state index contributed by atoms with van der Waals surface area (Å²) in [6.07, 6.45) is 0. The standard InChI is InChI=1S/C28H35N3O5S/c1-19(29-28(32)20-17-23(34-3)27(36-5)24(18-20)35-4)26(25-11-8-16-37-25)31-14-12-30(13-15-31)21-9-6-7-10-22(21)33-2/h6-11,16-19,26H,12-15H2,1-5H3,(H,29,32)/t19-,26+/m1/s1. The number of carbonyl (C=O) groups is 1. The van der Waals surface area contributed by atoms with Crippen LogP contribution < -0.4 is 29.2 Å². The number of thiophene rings is 1. The highest BCUT2D eigenvalue weighted by Gasteiger charge is 2.32. The van der Waals surface area contributed by atoms with Crippen LogP contribution in [-0.4, -0.2) is 71.5 Å². The molecule has 1 N–H and O–H groups in total. The molecule has 1 aliphatic rings. The van der Waals surface area contributed by atoms with Gasteiger partial charge in [0.05, 0.1) is 40.2 Å². The Hall–Kier alpha value is -3.43. The van der Waals surface area contributed by atoms with E-state index in [-0.39, 0.29) is 18.0 Å². The number of para-hydroxylation sites is 2. The van der Waals surface area contributed by atoms with Crippen molar-refractivity contribution in [1.29, 1.82) is 0 Å². The number of ether oxygens (including phenoxy) is 4. The third-order valence-electron chi connectivity index (χ3n) is 6.73. The van der Waals surface area contributed by atoms with E-state index in [0.717, 1.165) is 37.6 Å². The molecular weight excluding hydrogens is 490 g/mol. The summed E-state index contributed by atoms with van der Waals surface area (Å²) in [7, 11) is 6.33. The van der Waals surface area contributed by atoms with E-state index in [9.17, 15) is 4.79 Å². The second-order valence-electron chi connectivity index (χ2n) is 8.83. The Bertz CT molecular complexity index is 1150. The summed E-state index contributed by atoms with van der Waals surface area (Å²) in [6.45, 7) is 5.54. The molecule has 1 aromatic heterocycles. The van der Waals surface area contributed by atoms with E-state index in [0.29, 0.717) is 22.8 Å². The van der Waals surface area contributed by atoms with Crippen molar-refractivity contribution in [2.45, 2.75) is 19.0 Å². The zero-order chi connectivity index (χ0) is 26.4. The smallest absolute Gasteiger partial charge is 0.251 e. The van der Waals surface area contributed by atoms with Crippen molar-refractivity contribution >= 4 is 22.9 Å². The summed E-state index contributed by atoms with van der Waals surface area (Å²) in [5.74, 6) is 2.04. The maximum atomic E-state index is 13.4. The Morgan fingerprint density at radius 1 is 0.865 bits per heavy atom. The zero-order valence-electron chi connectivity index (χ0n) is 22.0. The van der Waals surface area contributed by atoms with Crippen LogP contribution in [0.4, 0.5) is 5.69 Å². The Balaban J connectivity index is 1.51. The second kappa shape index (κ2) is 12.2. The van der Waals surface area contributed by atoms with E-state index in [4.69, 9.17) is 18.9 Å². The number of benzene rings is 2. The molecule has 0 unspecified atom stereocenters. The maximum absolute atomic E-state index is 13.4. The summed E-state index contributed by atoms with van der Waals surface area (Å²) < 4.78 is 21.8. The molecule has 1 fully saturated rings. The molecule has 2 atom stereocenters. The van der Waals surface area contributed by atoms with Crippen molar-refractivity contribution in [3.8, 4) is 23.0 Å². The van der Waals surface area contributed by atoms with Crippen LogP contribution in [0.25, 0.3) is 0 Å². The molecule has 2 aromatic carbocycles. The van der Waals surface area contributed by atoms with Gasteiger partial charge in [-0.1, -0.05) is 18.2 Å². The monoisotopic (exact) mass is 525 g/mol. The molecule has 1 amide bonds. The van der Waals surface area contributed by atoms with Crippen LogP contribution in [0.1, 0.15) is 28.2 Å². The Morgan fingerprint density at radius 2 is 1.51 bits per heavy atom. The van der Waals surface area contributed by atoms with Gasteiger partial charge in [0, 0.05) is 42.7 Å². The predicted molar refractivity (Wildman–Crippen MR) is 147 cm³/mol. The maximum Gasteiger partial charge on any atom is 0.251 e. The van der Waals surface area contributed by atoms with Crippen molar-refractivity contribution in [1.82, 2.24) is 10.2 Å². The Morgan fingerprint density at radius 3 is 2.08 bits per heavy atom. The number of nitrogens with zero attached hydrogens (tertiary/aromatic N) is 2. The molecule has 4 rings (SSSR count). The summed E-state index contributed by atoms with van der Waals surface area (Å²) in [6, 6.07) is 15.6. The van der Waals surface area contributed by atoms with Crippen LogP contribution in [0.2, 0.25) is 0 Å². The number of amides is 1. The number of anilines is 1. The van der Waals surface area contributed by atoms with Crippen molar-refractivity contribution in [3.63, 3.8) is 0 Å². The van der Waals surface area contributed by atoms with Gasteiger partial charge >= 0.3 is 0 Å². The second-order valence-corrected chi connectivity index (χ2v) is 9.81. The van der Waals surface area contributed by atoms with Gasteiger partial charge in [0.15, 0.2) is 11.5 Å². The molecule has 0 saturated carbocycles. The molecule has 37 heavy (non-hydrogen) atoms. The summed E-state index contributed by atoms with van der Waals surface area (Å²) in [4.78, 5) is 19.4. The fourth-order valence-electron chi connectivity index (χ4n) is 4.92. The van der Waals surface area contributed by atoms with Gasteiger partial charge in [0.1, 0.15) is 5.75 Å². The van der Waals surface area contributed by atoms with Gasteiger partial charge in [-0.15, -0.1) is 11.3 Å². The first-order chi connectivity index (χ1) is 18.0. The average Bonchev–Trinajstić information content (AvgIpc) is 3.46. The molecular formula is C28H35N3O5S. The molecule has 0 bridgehead atoms. The van der Waals surface area contributed by atoms with Gasteiger partial charge in [-0.25, -0.2) is 0 Å². The number of rotatable bonds is 10. The van der Waals surface area contributed by atoms with Crippen LogP contribution >= 0.6 is 11.3 Å². The summed E-state index contributed by atoms with van der Waals surface area (Å²) >= 11 is 1.71. The summed E-state index contributed by atoms with van der Waals surface area (Å²) in [5, 5.41) is 5.31. The topological polar surface area (TPSA) is 72.5 Å². The first kappa shape index (κ1) is 26.6. The van der Waals surface area contributed by atoms with Crippen LogP contribution in [0.3, 0.4) is 0 Å². The minimum Gasteiger partial charge on any atom is -0.495 e. The van der Waals surface area contributed by atoms with Crippen molar-refractivity contribution in [2.24, 2.45) is 0 Å². The van der Waals surface area contributed by atoms with Crippen LogP contribution in [0.15, 0.2) is 53.9 Å². The zero-order valence-corrected chi connectivity index (χ0v) is 22.8. The lowest BCUT2D eigenvalue weighted by Crippen LogP contribution is -2.52. The van der Waals surface area contributed by atoms with Crippen molar-refractivity contribution < 1.29 is 23.7 Å². The normalized spacial score (nSPS) is 15.5. The Kier molecular flexibility index (Phi) is 8.78. The molecule has 9 heteroatoms. The predicted octanol–water partition coefficient (Wildman–Crippen LogP) is 4.46. The van der Waals surface area contributed by atoms with E-state index in [1.807, 2.05) is 18.2 Å². The van der Waals surface area contributed by atoms with Gasteiger partial charge in [-0.2, -0.15) is 0 Å². The molecule has 8 nitrogen and oxygen atoms in total. The number of nitrogens with one attached hydrogen (secondary N) is 1. The van der Waals surface area contributed by atoms with Gasteiger partial charge < -0.3 is 29.2 Å². The largest absolute Gasteiger partial charge is 0.495 e. The fraction of sp³-hybridized carbons (Fsp3) is 0.393. The lowest BCUT2D eigenvalue weighted by Gasteiger charge is -2.42. The first-order valence-electron chi connectivity index (χ1n) is 12.3. The van der Waals surface area contributed by atoms with E-state index in [1.54, 1.807) is 51.9 Å². The molecule has 198 valence electrons. The average molecular weight is 526 g/mol. The third-order valence-corrected chi connectivity index (χ3v) is 7.67. The van der Waals surface area contributed by atoms with Crippen LogP contribution in [0, 0.1) is 0 Å². The van der Waals surface area contributed by atoms with Crippen molar-refractivity contribution in [3.05, 3.63) is 64.4 Å². The minimum atomic E-state index is -0.194. The van der Waals surface area contributed by atoms with Crippen LogP contribution in [-0.2, 0) is 0 Å².